The molecule has 3 saturated heterocycles. The minimum absolute atomic E-state index is 0.112. The van der Waals surface area contributed by atoms with E-state index in [9.17, 15) is 9.59 Å². The summed E-state index contributed by atoms with van der Waals surface area (Å²) >= 11 is 6.33. The first kappa shape index (κ1) is 17.6. The van der Waals surface area contributed by atoms with Crippen molar-refractivity contribution in [2.45, 2.75) is 38.8 Å². The van der Waals surface area contributed by atoms with Crippen LogP contribution in [0.1, 0.15) is 18.9 Å². The molecule has 140 valence electrons. The van der Waals surface area contributed by atoms with Gasteiger partial charge in [-0.1, -0.05) is 17.7 Å². The van der Waals surface area contributed by atoms with Crippen LogP contribution in [0.2, 0.25) is 5.02 Å². The van der Waals surface area contributed by atoms with E-state index >= 15 is 0 Å². The lowest BCUT2D eigenvalue weighted by Gasteiger charge is -2.43. The SMILES string of the molecule is CCN1C(=O)C2C(NC3N(c4ccc(C)c(Cl)c4)CCCN23)N(C)C1=O. The van der Waals surface area contributed by atoms with E-state index in [4.69, 9.17) is 11.6 Å². The van der Waals surface area contributed by atoms with Crippen molar-refractivity contribution in [1.29, 1.82) is 0 Å². The zero-order valence-electron chi connectivity index (χ0n) is 15.3. The highest BCUT2D eigenvalue weighted by atomic mass is 35.5. The molecule has 0 bridgehead atoms. The van der Waals surface area contributed by atoms with Crippen molar-refractivity contribution < 1.29 is 9.59 Å². The lowest BCUT2D eigenvalue weighted by molar-refractivity contribution is -0.138. The number of carbonyl (C=O) groups is 2. The van der Waals surface area contributed by atoms with Gasteiger partial charge in [-0.15, -0.1) is 0 Å². The first-order chi connectivity index (χ1) is 12.4. The third-order valence-corrected chi connectivity index (χ3v) is 6.08. The van der Waals surface area contributed by atoms with Gasteiger partial charge in [0.05, 0.1) is 0 Å². The molecular formula is C18H24ClN5O2. The lowest BCUT2D eigenvalue weighted by atomic mass is 10.1. The minimum atomic E-state index is -0.355. The summed E-state index contributed by atoms with van der Waals surface area (Å²) in [5.74, 6) is -0.112. The predicted octanol–water partition coefficient (Wildman–Crippen LogP) is 1.66. The fraction of sp³-hybridized carbons (Fsp3) is 0.556. The molecule has 0 spiro atoms. The van der Waals surface area contributed by atoms with Gasteiger partial charge >= 0.3 is 6.03 Å². The van der Waals surface area contributed by atoms with Crippen LogP contribution in [0.5, 0.6) is 0 Å². The molecule has 0 radical (unpaired) electrons. The second-order valence-corrected chi connectivity index (χ2v) is 7.53. The summed E-state index contributed by atoms with van der Waals surface area (Å²) < 4.78 is 0. The number of imide groups is 1. The molecule has 26 heavy (non-hydrogen) atoms. The number of hydrogen-bond donors (Lipinski definition) is 1. The zero-order valence-corrected chi connectivity index (χ0v) is 16.0. The van der Waals surface area contributed by atoms with Crippen molar-refractivity contribution in [2.24, 2.45) is 0 Å². The van der Waals surface area contributed by atoms with Gasteiger partial charge < -0.3 is 9.80 Å². The van der Waals surface area contributed by atoms with Crippen LogP contribution in [0.4, 0.5) is 10.5 Å². The summed E-state index contributed by atoms with van der Waals surface area (Å²) in [5.41, 5.74) is 2.06. The molecule has 3 aliphatic rings. The number of anilines is 1. The monoisotopic (exact) mass is 377 g/mol. The molecule has 3 atom stereocenters. The number of halogens is 1. The number of hydrogen-bond acceptors (Lipinski definition) is 5. The Balaban J connectivity index is 1.68. The van der Waals surface area contributed by atoms with Crippen LogP contribution in [0.15, 0.2) is 18.2 Å². The highest BCUT2D eigenvalue weighted by Crippen LogP contribution is 2.34. The molecule has 8 heteroatoms. The average molecular weight is 378 g/mol. The molecule has 3 heterocycles. The Kier molecular flexibility index (Phi) is 4.33. The summed E-state index contributed by atoms with van der Waals surface area (Å²) in [6, 6.07) is 5.45. The van der Waals surface area contributed by atoms with E-state index in [1.165, 1.54) is 4.90 Å². The van der Waals surface area contributed by atoms with Crippen molar-refractivity contribution in [3.8, 4) is 0 Å². The van der Waals surface area contributed by atoms with Gasteiger partial charge in [0, 0.05) is 37.4 Å². The largest absolute Gasteiger partial charge is 0.343 e. The highest BCUT2D eigenvalue weighted by molar-refractivity contribution is 6.31. The lowest BCUT2D eigenvalue weighted by Crippen LogP contribution is -2.66. The maximum Gasteiger partial charge on any atom is 0.327 e. The van der Waals surface area contributed by atoms with Gasteiger partial charge in [-0.05, 0) is 38.0 Å². The first-order valence-corrected chi connectivity index (χ1v) is 9.44. The standard InChI is InChI=1S/C18H24ClN5O2/c1-4-22-16(25)14-15(21(3)18(22)26)20-17-23(8-5-9-24(14)17)12-7-6-11(2)13(19)10-12/h6-7,10,14-15,17,20H,4-5,8-9H2,1-3H3. The molecule has 3 aliphatic heterocycles. The van der Waals surface area contributed by atoms with Gasteiger partial charge in [0.1, 0.15) is 18.5 Å². The second-order valence-electron chi connectivity index (χ2n) is 7.12. The number of likely N-dealkylation sites (N-methyl/N-ethyl adjacent to an activating group) is 2. The average Bonchev–Trinajstić information content (AvgIpc) is 3.02. The maximum absolute atomic E-state index is 12.9. The number of urea groups is 1. The number of carbonyl (C=O) groups excluding carboxylic acids is 2. The summed E-state index contributed by atoms with van der Waals surface area (Å²) in [6.45, 7) is 5.90. The Hall–Kier alpha value is -1.83. The Morgan fingerprint density at radius 1 is 1.27 bits per heavy atom. The molecule has 1 aromatic rings. The summed E-state index contributed by atoms with van der Waals surface area (Å²) in [5, 5.41) is 4.23. The van der Waals surface area contributed by atoms with E-state index in [2.05, 4.69) is 21.2 Å². The Labute approximate surface area is 158 Å². The molecule has 3 fully saturated rings. The van der Waals surface area contributed by atoms with Crippen LogP contribution in [0.3, 0.4) is 0 Å². The summed E-state index contributed by atoms with van der Waals surface area (Å²) in [7, 11) is 1.76. The Morgan fingerprint density at radius 2 is 2.04 bits per heavy atom. The number of amides is 3. The van der Waals surface area contributed by atoms with Gasteiger partial charge in [-0.3, -0.25) is 19.9 Å². The molecule has 4 rings (SSSR count). The van der Waals surface area contributed by atoms with Crippen LogP contribution in [0, 0.1) is 6.92 Å². The van der Waals surface area contributed by atoms with E-state index in [-0.39, 0.29) is 30.4 Å². The van der Waals surface area contributed by atoms with Crippen molar-refractivity contribution in [3.05, 3.63) is 28.8 Å². The number of nitrogens with one attached hydrogen (secondary N) is 1. The summed E-state index contributed by atoms with van der Waals surface area (Å²) in [6.07, 6.45) is 0.502. The molecule has 1 aromatic carbocycles. The predicted molar refractivity (Wildman–Crippen MR) is 99.9 cm³/mol. The van der Waals surface area contributed by atoms with Crippen LogP contribution in [-0.4, -0.2) is 71.8 Å². The molecular weight excluding hydrogens is 354 g/mol. The zero-order chi connectivity index (χ0) is 18.6. The second kappa shape index (κ2) is 6.40. The van der Waals surface area contributed by atoms with Crippen molar-refractivity contribution in [2.75, 3.05) is 31.6 Å². The van der Waals surface area contributed by atoms with Crippen LogP contribution in [-0.2, 0) is 4.79 Å². The Morgan fingerprint density at radius 3 is 2.73 bits per heavy atom. The molecule has 0 aromatic heterocycles. The number of benzene rings is 1. The minimum Gasteiger partial charge on any atom is -0.343 e. The van der Waals surface area contributed by atoms with E-state index in [0.717, 1.165) is 35.8 Å². The Bertz CT molecular complexity index is 757. The number of fused-ring (bicyclic) bond motifs is 3. The third-order valence-electron chi connectivity index (χ3n) is 5.67. The summed E-state index contributed by atoms with van der Waals surface area (Å²) in [4.78, 5) is 32.8. The maximum atomic E-state index is 12.9. The fourth-order valence-corrected chi connectivity index (χ4v) is 4.41. The molecule has 3 amide bonds. The van der Waals surface area contributed by atoms with Gasteiger partial charge in [0.25, 0.3) is 5.91 Å². The van der Waals surface area contributed by atoms with Gasteiger partial charge in [0.15, 0.2) is 0 Å². The van der Waals surface area contributed by atoms with Crippen molar-refractivity contribution in [3.63, 3.8) is 0 Å². The number of aryl methyl sites for hydroxylation is 1. The molecule has 1 N–H and O–H groups in total. The molecule has 3 unspecified atom stereocenters. The van der Waals surface area contributed by atoms with Crippen LogP contribution < -0.4 is 10.2 Å². The molecule has 0 aliphatic carbocycles. The molecule has 0 saturated carbocycles. The normalized spacial score (nSPS) is 29.2. The van der Waals surface area contributed by atoms with E-state index in [1.807, 2.05) is 26.0 Å². The van der Waals surface area contributed by atoms with Gasteiger partial charge in [-0.25, -0.2) is 4.79 Å². The fourth-order valence-electron chi connectivity index (χ4n) is 4.24. The third kappa shape index (κ3) is 2.49. The van der Waals surface area contributed by atoms with Crippen molar-refractivity contribution in [1.82, 2.24) is 20.0 Å². The van der Waals surface area contributed by atoms with Gasteiger partial charge in [0.2, 0.25) is 0 Å². The van der Waals surface area contributed by atoms with E-state index < -0.39 is 0 Å². The number of nitrogens with zero attached hydrogens (tertiary/aromatic N) is 4. The van der Waals surface area contributed by atoms with E-state index in [0.29, 0.717) is 6.54 Å². The number of rotatable bonds is 2. The van der Waals surface area contributed by atoms with Crippen LogP contribution in [0.25, 0.3) is 0 Å². The smallest absolute Gasteiger partial charge is 0.327 e. The van der Waals surface area contributed by atoms with Crippen LogP contribution >= 0.6 is 11.6 Å². The molecule has 7 nitrogen and oxygen atoms in total. The topological polar surface area (TPSA) is 59.1 Å². The quantitative estimate of drug-likeness (QED) is 0.849. The van der Waals surface area contributed by atoms with Gasteiger partial charge in [-0.2, -0.15) is 0 Å². The van der Waals surface area contributed by atoms with Crippen molar-refractivity contribution >= 4 is 29.2 Å². The highest BCUT2D eigenvalue weighted by Gasteiger charge is 2.55. The first-order valence-electron chi connectivity index (χ1n) is 9.06. The van der Waals surface area contributed by atoms with E-state index in [1.54, 1.807) is 11.9 Å².